The Morgan fingerprint density at radius 1 is 1.00 bits per heavy atom. The molecule has 0 aliphatic carbocycles. The summed E-state index contributed by atoms with van der Waals surface area (Å²) in [6.07, 6.45) is 0.894. The quantitative estimate of drug-likeness (QED) is 0.784. The molecule has 134 valence electrons. The highest BCUT2D eigenvalue weighted by Crippen LogP contribution is 2.38. The van der Waals surface area contributed by atoms with Crippen molar-refractivity contribution < 1.29 is 4.74 Å². The Kier molecular flexibility index (Phi) is 6.48. The highest BCUT2D eigenvalue weighted by Gasteiger charge is 2.15. The lowest BCUT2D eigenvalue weighted by Gasteiger charge is -2.27. The van der Waals surface area contributed by atoms with Gasteiger partial charge in [0.2, 0.25) is 0 Å². The highest BCUT2D eigenvalue weighted by molar-refractivity contribution is 6.37. The molecule has 0 saturated carbocycles. The van der Waals surface area contributed by atoms with Gasteiger partial charge in [-0.05, 0) is 42.3 Å². The third kappa shape index (κ3) is 4.60. The van der Waals surface area contributed by atoms with Crippen LogP contribution in [-0.2, 0) is 6.42 Å². The molecule has 2 aromatic carbocycles. The fraction of sp³-hybridized carbons (Fsp3) is 0.368. The largest absolute Gasteiger partial charge is 0.496 e. The fourth-order valence-electron chi connectivity index (χ4n) is 3.11. The van der Waals surface area contributed by atoms with Gasteiger partial charge in [-0.15, -0.1) is 0 Å². The Labute approximate surface area is 163 Å². The average Bonchev–Trinajstić information content (AvgIpc) is 2.63. The van der Waals surface area contributed by atoms with Crippen LogP contribution in [0.15, 0.2) is 30.3 Å². The van der Waals surface area contributed by atoms with Crippen molar-refractivity contribution in [3.8, 4) is 16.9 Å². The number of benzene rings is 2. The highest BCUT2D eigenvalue weighted by atomic mass is 35.5. The molecule has 1 aliphatic heterocycles. The van der Waals surface area contributed by atoms with Gasteiger partial charge < -0.3 is 15.0 Å². The number of methoxy groups -OCH3 is 1. The molecule has 0 atom stereocenters. The van der Waals surface area contributed by atoms with Gasteiger partial charge in [0.05, 0.1) is 12.1 Å². The van der Waals surface area contributed by atoms with E-state index >= 15 is 0 Å². The number of hydrogen-bond acceptors (Lipinski definition) is 3. The molecular formula is C19H21Cl3N2O. The van der Waals surface area contributed by atoms with Crippen molar-refractivity contribution >= 4 is 34.8 Å². The van der Waals surface area contributed by atoms with Gasteiger partial charge in [-0.2, -0.15) is 0 Å². The van der Waals surface area contributed by atoms with Crippen LogP contribution in [0.1, 0.15) is 5.56 Å². The number of nitrogens with zero attached hydrogens (tertiary/aromatic N) is 1. The summed E-state index contributed by atoms with van der Waals surface area (Å²) < 4.78 is 5.54. The van der Waals surface area contributed by atoms with Crippen LogP contribution in [0.3, 0.4) is 0 Å². The lowest BCUT2D eigenvalue weighted by molar-refractivity contribution is 0.243. The van der Waals surface area contributed by atoms with Crippen molar-refractivity contribution in [3.63, 3.8) is 0 Å². The standard InChI is InChI=1S/C19H21Cl3N2O/c1-25-19-12-18(22)15(16-11-14(20)2-3-17(16)21)10-13(19)4-7-24-8-5-23-6-9-24/h2-3,10-12,23H,4-9H2,1H3. The molecule has 1 aliphatic rings. The molecule has 2 aromatic rings. The molecule has 1 heterocycles. The normalized spacial score (nSPS) is 15.4. The zero-order chi connectivity index (χ0) is 17.8. The molecule has 0 aromatic heterocycles. The first-order valence-electron chi connectivity index (χ1n) is 8.33. The second-order valence-electron chi connectivity index (χ2n) is 6.11. The second kappa shape index (κ2) is 8.61. The Morgan fingerprint density at radius 2 is 1.72 bits per heavy atom. The van der Waals surface area contributed by atoms with E-state index in [2.05, 4.69) is 16.3 Å². The Hall–Kier alpha value is -0.970. The number of hydrogen-bond donors (Lipinski definition) is 1. The van der Waals surface area contributed by atoms with Gasteiger partial charge in [-0.25, -0.2) is 0 Å². The number of piperazine rings is 1. The summed E-state index contributed by atoms with van der Waals surface area (Å²) in [6, 6.07) is 9.34. The first-order chi connectivity index (χ1) is 12.1. The van der Waals surface area contributed by atoms with Crippen molar-refractivity contribution in [2.24, 2.45) is 0 Å². The lowest BCUT2D eigenvalue weighted by Crippen LogP contribution is -2.44. The molecule has 3 nitrogen and oxygen atoms in total. The summed E-state index contributed by atoms with van der Waals surface area (Å²) >= 11 is 19.0. The third-order valence-corrected chi connectivity index (χ3v) is 5.37. The predicted octanol–water partition coefficient (Wildman–Crippen LogP) is 4.77. The van der Waals surface area contributed by atoms with Crippen LogP contribution in [0.25, 0.3) is 11.1 Å². The molecule has 25 heavy (non-hydrogen) atoms. The van der Waals surface area contributed by atoms with Gasteiger partial charge in [-0.3, -0.25) is 0 Å². The monoisotopic (exact) mass is 398 g/mol. The molecule has 0 amide bonds. The van der Waals surface area contributed by atoms with E-state index in [1.165, 1.54) is 0 Å². The lowest BCUT2D eigenvalue weighted by atomic mass is 10.00. The SMILES string of the molecule is COc1cc(Cl)c(-c2cc(Cl)ccc2Cl)cc1CCN1CCNCC1. The van der Waals surface area contributed by atoms with E-state index < -0.39 is 0 Å². The molecule has 0 radical (unpaired) electrons. The van der Waals surface area contributed by atoms with Crippen molar-refractivity contribution in [2.45, 2.75) is 6.42 Å². The summed E-state index contributed by atoms with van der Waals surface area (Å²) in [7, 11) is 1.67. The van der Waals surface area contributed by atoms with Crippen molar-refractivity contribution in [3.05, 3.63) is 51.0 Å². The van der Waals surface area contributed by atoms with Crippen molar-refractivity contribution in [1.29, 1.82) is 0 Å². The van der Waals surface area contributed by atoms with Crippen molar-refractivity contribution in [1.82, 2.24) is 10.2 Å². The first kappa shape index (κ1) is 18.8. The van der Waals surface area contributed by atoms with E-state index in [9.17, 15) is 0 Å². The second-order valence-corrected chi connectivity index (χ2v) is 7.36. The smallest absolute Gasteiger partial charge is 0.123 e. The number of nitrogens with one attached hydrogen (secondary N) is 1. The number of halogens is 3. The molecule has 0 spiro atoms. The van der Waals surface area contributed by atoms with Crippen LogP contribution < -0.4 is 10.1 Å². The first-order valence-corrected chi connectivity index (χ1v) is 9.47. The molecule has 1 fully saturated rings. The Morgan fingerprint density at radius 3 is 2.44 bits per heavy atom. The summed E-state index contributed by atoms with van der Waals surface area (Å²) in [6.45, 7) is 5.22. The summed E-state index contributed by atoms with van der Waals surface area (Å²) in [5, 5.41) is 5.24. The van der Waals surface area contributed by atoms with E-state index in [0.717, 1.165) is 61.6 Å². The maximum absolute atomic E-state index is 6.49. The predicted molar refractivity (Wildman–Crippen MR) is 106 cm³/mol. The third-order valence-electron chi connectivity index (χ3n) is 4.50. The summed E-state index contributed by atoms with van der Waals surface area (Å²) in [5.41, 5.74) is 2.84. The van der Waals surface area contributed by atoms with Crippen LogP contribution in [-0.4, -0.2) is 44.7 Å². The maximum atomic E-state index is 6.49. The molecule has 6 heteroatoms. The molecule has 0 unspecified atom stereocenters. The number of ether oxygens (including phenoxy) is 1. The average molecular weight is 400 g/mol. The van der Waals surface area contributed by atoms with Crippen molar-refractivity contribution in [2.75, 3.05) is 39.8 Å². The molecule has 1 saturated heterocycles. The summed E-state index contributed by atoms with van der Waals surface area (Å²) in [5.74, 6) is 0.807. The molecular weight excluding hydrogens is 379 g/mol. The van der Waals surface area contributed by atoms with E-state index in [-0.39, 0.29) is 0 Å². The number of rotatable bonds is 5. The molecule has 0 bridgehead atoms. The van der Waals surface area contributed by atoms with Gasteiger partial charge in [0.25, 0.3) is 0 Å². The van der Waals surface area contributed by atoms with Gasteiger partial charge in [-0.1, -0.05) is 34.8 Å². The topological polar surface area (TPSA) is 24.5 Å². The zero-order valence-corrected chi connectivity index (χ0v) is 16.4. The van der Waals surface area contributed by atoms with Crippen LogP contribution in [0.5, 0.6) is 5.75 Å². The van der Waals surface area contributed by atoms with E-state index in [0.29, 0.717) is 15.1 Å². The minimum Gasteiger partial charge on any atom is -0.496 e. The fourth-order valence-corrected chi connectivity index (χ4v) is 3.76. The Balaban J connectivity index is 1.90. The van der Waals surface area contributed by atoms with E-state index in [4.69, 9.17) is 39.5 Å². The van der Waals surface area contributed by atoms with Crippen LogP contribution >= 0.6 is 34.8 Å². The van der Waals surface area contributed by atoms with Crippen LogP contribution in [0.2, 0.25) is 15.1 Å². The Bertz CT molecular complexity index is 746. The molecule has 3 rings (SSSR count). The minimum absolute atomic E-state index is 0.604. The zero-order valence-electron chi connectivity index (χ0n) is 14.1. The maximum Gasteiger partial charge on any atom is 0.123 e. The van der Waals surface area contributed by atoms with Gasteiger partial charge in [0.15, 0.2) is 0 Å². The minimum atomic E-state index is 0.604. The van der Waals surface area contributed by atoms with Gasteiger partial charge in [0, 0.05) is 53.9 Å². The van der Waals surface area contributed by atoms with Gasteiger partial charge in [0.1, 0.15) is 5.75 Å². The van der Waals surface area contributed by atoms with Crippen LogP contribution in [0, 0.1) is 0 Å². The van der Waals surface area contributed by atoms with Crippen LogP contribution in [0.4, 0.5) is 0 Å². The van der Waals surface area contributed by atoms with E-state index in [1.54, 1.807) is 19.2 Å². The summed E-state index contributed by atoms with van der Waals surface area (Å²) in [4.78, 5) is 2.45. The van der Waals surface area contributed by atoms with Gasteiger partial charge >= 0.3 is 0 Å². The van der Waals surface area contributed by atoms with E-state index in [1.807, 2.05) is 12.1 Å². The molecule has 1 N–H and O–H groups in total.